The Morgan fingerprint density at radius 2 is 0.469 bits per heavy atom. The van der Waals surface area contributed by atoms with Crippen LogP contribution in [0.2, 0.25) is 0 Å². The molecule has 0 aliphatic heterocycles. The molecule has 0 fully saturated rings. The number of hydrogen-bond acceptors (Lipinski definition) is 10. The van der Waals surface area contributed by atoms with E-state index in [2.05, 4.69) is 328 Å². The standard InChI is InChI=1S/C40H26N4.2C39H25N3/c1-2-9-36-35(8-1)37(24-33-7-4-18-43-40(33)36)32-6-3-5-31(23-32)27-10-12-28(13-11-27)34-25-38(29-14-19-41-20-15-29)44-39(26-34)30-16-21-42-22-17-30;1-2-10-28(11-3-1)38-34-17-6-7-18-36(34)41-39(42-38)31-13-8-12-29(24-31)26-19-21-27(22-20-26)35-25-30-14-9-23-40-37(30)33-16-5-4-15-32(33)35;1-2-10-27(11-3-1)38-39(42-36-18-7-6-17-35(36)41-38)28-21-19-26(20-22-28)29-12-8-13-30(24-29)34-25-31-14-9-23-40-37(31)33-16-5-4-15-32(33)34/h1-26H;2*1-25H. The maximum Gasteiger partial charge on any atom is 0.160 e. The van der Waals surface area contributed by atoms with E-state index in [9.17, 15) is 0 Å². The minimum atomic E-state index is 0.724. The number of para-hydroxylation sites is 3. The fourth-order valence-corrected chi connectivity index (χ4v) is 17.6. The highest BCUT2D eigenvalue weighted by molar-refractivity contribution is 6.15. The minimum Gasteiger partial charge on any atom is -0.265 e. The largest absolute Gasteiger partial charge is 0.265 e. The van der Waals surface area contributed by atoms with Gasteiger partial charge in [-0.25, -0.2) is 24.9 Å². The van der Waals surface area contributed by atoms with Crippen molar-refractivity contribution in [3.05, 3.63) is 462 Å². The van der Waals surface area contributed by atoms with E-state index in [4.69, 9.17) is 24.9 Å². The number of benzene rings is 16. The SMILES string of the molecule is c1cc(-c2ccc(-c3cc(-c4ccncc4)nc(-c4ccncc4)c3)cc2)cc(-c2cc3cccnc3c3ccccc23)c1.c1ccc(-c2nc(-c3cccc(-c4ccc(-c5cc6cccnc6c6ccccc56)cc4)c3)nc3ccccc23)cc1.c1ccc(-c2nc3ccccc3nc2-c2ccc(-c3cccc(-c4cc5cccnc5c5ccccc45)c3)cc2)cc1. The lowest BCUT2D eigenvalue weighted by Gasteiger charge is -2.13. The molecule has 0 unspecified atom stereocenters. The molecule has 10 nitrogen and oxygen atoms in total. The summed E-state index contributed by atoms with van der Waals surface area (Å²) in [6, 6.07) is 146. The molecule has 24 aromatic rings. The van der Waals surface area contributed by atoms with Crippen LogP contribution in [0.25, 0.3) is 233 Å². The predicted molar refractivity (Wildman–Crippen MR) is 528 cm³/mol. The summed E-state index contributed by atoms with van der Waals surface area (Å²) in [6.45, 7) is 0. The quantitative estimate of drug-likeness (QED) is 0.103. The molecule has 10 heteroatoms. The molecule has 0 bridgehead atoms. The summed E-state index contributed by atoms with van der Waals surface area (Å²) in [4.78, 5) is 47.5. The van der Waals surface area contributed by atoms with Crippen LogP contribution in [-0.2, 0) is 0 Å². The first kappa shape index (κ1) is 76.8. The molecule has 24 rings (SSSR count). The van der Waals surface area contributed by atoms with Gasteiger partial charge in [0.1, 0.15) is 0 Å². The predicted octanol–water partition coefficient (Wildman–Crippen LogP) is 29.9. The van der Waals surface area contributed by atoms with Crippen molar-refractivity contribution in [1.29, 1.82) is 0 Å². The zero-order valence-electron chi connectivity index (χ0n) is 69.4. The number of fused-ring (bicyclic) bond motifs is 11. The maximum absolute atomic E-state index is 5.07. The first-order valence-electron chi connectivity index (χ1n) is 42.8. The second-order valence-electron chi connectivity index (χ2n) is 31.8. The van der Waals surface area contributed by atoms with E-state index in [0.29, 0.717) is 0 Å². The van der Waals surface area contributed by atoms with Crippen LogP contribution in [0.4, 0.5) is 0 Å². The van der Waals surface area contributed by atoms with Crippen LogP contribution < -0.4 is 0 Å². The highest BCUT2D eigenvalue weighted by atomic mass is 14.9. The van der Waals surface area contributed by atoms with E-state index < -0.39 is 0 Å². The molecule has 0 atom stereocenters. The molecule has 16 aromatic carbocycles. The van der Waals surface area contributed by atoms with Gasteiger partial charge in [0.15, 0.2) is 5.82 Å². The Kier molecular flexibility index (Phi) is 20.5. The third-order valence-corrected chi connectivity index (χ3v) is 23.9. The Bertz CT molecular complexity index is 8230. The molecule has 8 aromatic heterocycles. The number of hydrogen-bond donors (Lipinski definition) is 0. The van der Waals surface area contributed by atoms with E-state index >= 15 is 0 Å². The van der Waals surface area contributed by atoms with Crippen molar-refractivity contribution in [1.82, 2.24) is 49.8 Å². The Hall–Kier alpha value is -17.3. The number of pyridine rings is 6. The first-order chi connectivity index (χ1) is 63.4. The van der Waals surface area contributed by atoms with Crippen molar-refractivity contribution < 1.29 is 0 Å². The van der Waals surface area contributed by atoms with Crippen LogP contribution in [0.15, 0.2) is 462 Å². The summed E-state index contributed by atoms with van der Waals surface area (Å²) in [5, 5.41) is 11.6. The van der Waals surface area contributed by atoms with Crippen LogP contribution in [0, 0.1) is 0 Å². The summed E-state index contributed by atoms with van der Waals surface area (Å²) >= 11 is 0. The molecule has 598 valence electrons. The molecule has 8 heterocycles. The van der Waals surface area contributed by atoms with Gasteiger partial charge in [0.2, 0.25) is 0 Å². The van der Waals surface area contributed by atoms with Gasteiger partial charge in [-0.1, -0.05) is 309 Å². The molecule has 0 spiro atoms. The molecule has 0 N–H and O–H groups in total. The molecule has 0 saturated carbocycles. The zero-order valence-corrected chi connectivity index (χ0v) is 69.4. The summed E-state index contributed by atoms with van der Waals surface area (Å²) in [5.74, 6) is 0.724. The van der Waals surface area contributed by atoms with Crippen LogP contribution in [0.3, 0.4) is 0 Å². The lowest BCUT2D eigenvalue weighted by molar-refractivity contribution is 1.23. The van der Waals surface area contributed by atoms with Gasteiger partial charge in [0.25, 0.3) is 0 Å². The second kappa shape index (κ2) is 34.2. The van der Waals surface area contributed by atoms with Crippen LogP contribution in [-0.4, -0.2) is 49.8 Å². The van der Waals surface area contributed by atoms with E-state index in [1.165, 1.54) is 82.4 Å². The third-order valence-electron chi connectivity index (χ3n) is 23.9. The minimum absolute atomic E-state index is 0.724. The summed E-state index contributed by atoms with van der Waals surface area (Å²) in [7, 11) is 0. The van der Waals surface area contributed by atoms with Crippen molar-refractivity contribution in [3.63, 3.8) is 0 Å². The molecule has 0 saturated heterocycles. The van der Waals surface area contributed by atoms with E-state index in [1.807, 2.05) is 134 Å². The van der Waals surface area contributed by atoms with Gasteiger partial charge < -0.3 is 0 Å². The average molecular weight is 1630 g/mol. The fraction of sp³-hybridized carbons (Fsp3) is 0. The third kappa shape index (κ3) is 15.3. The Morgan fingerprint density at radius 1 is 0.148 bits per heavy atom. The van der Waals surface area contributed by atoms with Gasteiger partial charge in [-0.05, 0) is 203 Å². The van der Waals surface area contributed by atoms with Gasteiger partial charge in [-0.15, -0.1) is 0 Å². The highest BCUT2D eigenvalue weighted by Gasteiger charge is 2.20. The summed E-state index contributed by atoms with van der Waals surface area (Å²) in [6.07, 6.45) is 12.8. The van der Waals surface area contributed by atoms with Crippen LogP contribution >= 0.6 is 0 Å². The van der Waals surface area contributed by atoms with Gasteiger partial charge in [-0.3, -0.25) is 24.9 Å². The van der Waals surface area contributed by atoms with Gasteiger partial charge >= 0.3 is 0 Å². The maximum atomic E-state index is 5.07. The molecule has 128 heavy (non-hydrogen) atoms. The van der Waals surface area contributed by atoms with Crippen LogP contribution in [0.5, 0.6) is 0 Å². The van der Waals surface area contributed by atoms with E-state index in [1.54, 1.807) is 24.8 Å². The lowest BCUT2D eigenvalue weighted by atomic mass is 9.93. The monoisotopic (exact) mass is 1630 g/mol. The Balaban J connectivity index is 0.000000113. The zero-order chi connectivity index (χ0) is 85.1. The van der Waals surface area contributed by atoms with Crippen molar-refractivity contribution in [3.8, 4) is 146 Å². The van der Waals surface area contributed by atoms with Crippen molar-refractivity contribution in [2.75, 3.05) is 0 Å². The molecule has 0 radical (unpaired) electrons. The Morgan fingerprint density at radius 3 is 0.906 bits per heavy atom. The van der Waals surface area contributed by atoms with Gasteiger partial charge in [0, 0.05) is 114 Å². The molecule has 0 aliphatic carbocycles. The fourth-order valence-electron chi connectivity index (χ4n) is 17.6. The average Bonchev–Trinajstić information content (AvgIpc) is 0.768. The molecular weight excluding hydrogens is 1560 g/mol. The first-order valence-corrected chi connectivity index (χ1v) is 42.8. The number of nitrogens with zero attached hydrogens (tertiary/aromatic N) is 10. The lowest BCUT2D eigenvalue weighted by Crippen LogP contribution is -1.95. The van der Waals surface area contributed by atoms with Crippen molar-refractivity contribution >= 4 is 87.0 Å². The topological polar surface area (TPSA) is 129 Å². The molecule has 0 aliphatic rings. The van der Waals surface area contributed by atoms with Crippen molar-refractivity contribution in [2.24, 2.45) is 0 Å². The van der Waals surface area contributed by atoms with E-state index in [-0.39, 0.29) is 0 Å². The number of aromatic nitrogens is 10. The normalized spacial score (nSPS) is 11.3. The number of rotatable bonds is 13. The summed E-state index contributed by atoms with van der Waals surface area (Å²) in [5.41, 5.74) is 33.0. The van der Waals surface area contributed by atoms with Gasteiger partial charge in [-0.2, -0.15) is 0 Å². The van der Waals surface area contributed by atoms with Crippen molar-refractivity contribution in [2.45, 2.75) is 0 Å². The Labute approximate surface area is 739 Å². The molecular formula is C118H76N10. The highest BCUT2D eigenvalue weighted by Crippen LogP contribution is 2.43. The van der Waals surface area contributed by atoms with Gasteiger partial charge in [0.05, 0.1) is 61.6 Å². The smallest absolute Gasteiger partial charge is 0.160 e. The van der Waals surface area contributed by atoms with E-state index in [0.717, 1.165) is 150 Å². The van der Waals surface area contributed by atoms with Crippen LogP contribution in [0.1, 0.15) is 0 Å². The second-order valence-corrected chi connectivity index (χ2v) is 31.8. The molecule has 0 amide bonds. The summed E-state index contributed by atoms with van der Waals surface area (Å²) < 4.78 is 0.